The Labute approximate surface area is 55.2 Å². The first-order valence-corrected chi connectivity index (χ1v) is 3.03. The van der Waals surface area contributed by atoms with Crippen LogP contribution in [0.1, 0.15) is 20.3 Å². The van der Waals surface area contributed by atoms with Gasteiger partial charge in [0.15, 0.2) is 5.78 Å². The molecule has 0 amide bonds. The molecule has 0 saturated carbocycles. The maximum absolute atomic E-state index is 10.3. The Hall–Kier alpha value is -0.630. The third-order valence-corrected chi connectivity index (χ3v) is 0.971. The summed E-state index contributed by atoms with van der Waals surface area (Å²) in [4.78, 5) is 10.3. The minimum absolute atomic E-state index is 0.209. The van der Waals surface area contributed by atoms with Crippen molar-refractivity contribution in [3.63, 3.8) is 0 Å². The molecule has 0 saturated heterocycles. The number of carbonyl (C=O) groups excluding carboxylic acids is 1. The van der Waals surface area contributed by atoms with E-state index in [0.717, 1.165) is 6.42 Å². The lowest BCUT2D eigenvalue weighted by molar-refractivity contribution is -0.122. The van der Waals surface area contributed by atoms with Gasteiger partial charge in [0.05, 0.1) is 0 Å². The van der Waals surface area contributed by atoms with Crippen molar-refractivity contribution in [2.75, 3.05) is 0 Å². The van der Waals surface area contributed by atoms with Crippen LogP contribution >= 0.6 is 0 Å². The summed E-state index contributed by atoms with van der Waals surface area (Å²) in [6, 6.07) is 0. The highest BCUT2D eigenvalue weighted by Crippen LogP contribution is 1.88. The number of Topliss-reactive ketones (excluding diaryl/α,β-unsaturated/α-hetero) is 1. The Bertz CT molecular complexity index is 116. The lowest BCUT2D eigenvalue weighted by atomic mass is 10.2. The smallest absolute Gasteiger partial charge is 0.162 e. The van der Waals surface area contributed by atoms with E-state index in [-0.39, 0.29) is 5.78 Å². The summed E-state index contributed by atoms with van der Waals surface area (Å²) in [6.07, 6.45) is 3.23. The third-order valence-electron chi connectivity index (χ3n) is 0.971. The van der Waals surface area contributed by atoms with Gasteiger partial charge in [0, 0.05) is 0 Å². The minimum atomic E-state index is -0.898. The summed E-state index contributed by atoms with van der Waals surface area (Å²) >= 11 is 0. The van der Waals surface area contributed by atoms with E-state index in [1.54, 1.807) is 6.08 Å². The summed E-state index contributed by atoms with van der Waals surface area (Å²) < 4.78 is 0. The number of ketones is 1. The second-order valence-electron chi connectivity index (χ2n) is 1.89. The van der Waals surface area contributed by atoms with Crippen molar-refractivity contribution < 1.29 is 9.90 Å². The van der Waals surface area contributed by atoms with Gasteiger partial charge in [-0.3, -0.25) is 4.79 Å². The molecule has 0 rings (SSSR count). The highest BCUT2D eigenvalue weighted by molar-refractivity contribution is 5.81. The standard InChI is InChI=1S/C7H12O2/c1-3-4-5-7(9)6(2)8/h4-5,7,9H,3H2,1-2H3/b5-4+. The predicted molar refractivity (Wildman–Crippen MR) is 36.1 cm³/mol. The zero-order chi connectivity index (χ0) is 7.28. The largest absolute Gasteiger partial charge is 0.381 e. The van der Waals surface area contributed by atoms with Crippen LogP contribution in [0, 0.1) is 0 Å². The van der Waals surface area contributed by atoms with Gasteiger partial charge in [-0.25, -0.2) is 0 Å². The van der Waals surface area contributed by atoms with Gasteiger partial charge in [0.2, 0.25) is 0 Å². The van der Waals surface area contributed by atoms with Crippen LogP contribution in [0.2, 0.25) is 0 Å². The second-order valence-corrected chi connectivity index (χ2v) is 1.89. The molecular weight excluding hydrogens is 116 g/mol. The average molecular weight is 128 g/mol. The summed E-state index contributed by atoms with van der Waals surface area (Å²) in [7, 11) is 0. The van der Waals surface area contributed by atoms with Crippen LogP contribution in [-0.2, 0) is 4.79 Å². The van der Waals surface area contributed by atoms with Gasteiger partial charge in [-0.15, -0.1) is 0 Å². The van der Waals surface area contributed by atoms with Crippen molar-refractivity contribution in [1.82, 2.24) is 0 Å². The number of hydrogen-bond acceptors (Lipinski definition) is 2. The average Bonchev–Trinajstić information content (AvgIpc) is 1.82. The number of allylic oxidation sites excluding steroid dienone is 1. The molecule has 0 heterocycles. The van der Waals surface area contributed by atoms with Gasteiger partial charge in [0.1, 0.15) is 6.10 Å². The molecule has 9 heavy (non-hydrogen) atoms. The first-order chi connectivity index (χ1) is 4.18. The molecule has 2 nitrogen and oxygen atoms in total. The van der Waals surface area contributed by atoms with Crippen LogP contribution < -0.4 is 0 Å². The highest BCUT2D eigenvalue weighted by atomic mass is 16.3. The van der Waals surface area contributed by atoms with Gasteiger partial charge in [-0.2, -0.15) is 0 Å². The fourth-order valence-corrected chi connectivity index (χ4v) is 0.400. The topological polar surface area (TPSA) is 37.3 Å². The number of aliphatic hydroxyl groups is 1. The molecule has 0 aliphatic rings. The van der Waals surface area contributed by atoms with Gasteiger partial charge in [-0.05, 0) is 13.3 Å². The molecular formula is C7H12O2. The molecule has 1 atom stereocenters. The molecule has 0 aromatic heterocycles. The Morgan fingerprint density at radius 1 is 1.78 bits per heavy atom. The van der Waals surface area contributed by atoms with Gasteiger partial charge in [-0.1, -0.05) is 19.1 Å². The lowest BCUT2D eigenvalue weighted by Gasteiger charge is -1.95. The molecule has 2 heteroatoms. The van der Waals surface area contributed by atoms with E-state index in [1.807, 2.05) is 6.92 Å². The number of aliphatic hydroxyl groups excluding tert-OH is 1. The van der Waals surface area contributed by atoms with Crippen molar-refractivity contribution in [3.05, 3.63) is 12.2 Å². The maximum Gasteiger partial charge on any atom is 0.162 e. The van der Waals surface area contributed by atoms with Crippen molar-refractivity contribution in [2.24, 2.45) is 0 Å². The molecule has 1 unspecified atom stereocenters. The second kappa shape index (κ2) is 4.27. The zero-order valence-electron chi connectivity index (χ0n) is 5.79. The summed E-state index contributed by atoms with van der Waals surface area (Å²) in [5, 5.41) is 8.82. The van der Waals surface area contributed by atoms with E-state index < -0.39 is 6.10 Å². The molecule has 0 aromatic rings. The van der Waals surface area contributed by atoms with E-state index in [0.29, 0.717) is 0 Å². The van der Waals surface area contributed by atoms with Crippen LogP contribution in [0.25, 0.3) is 0 Å². The summed E-state index contributed by atoms with van der Waals surface area (Å²) in [5.74, 6) is -0.209. The molecule has 1 N–H and O–H groups in total. The molecule has 52 valence electrons. The lowest BCUT2D eigenvalue weighted by Crippen LogP contribution is -2.12. The highest BCUT2D eigenvalue weighted by Gasteiger charge is 2.01. The fraction of sp³-hybridized carbons (Fsp3) is 0.571. The molecule has 0 bridgehead atoms. The maximum atomic E-state index is 10.3. The zero-order valence-corrected chi connectivity index (χ0v) is 5.79. The Kier molecular flexibility index (Phi) is 3.97. The van der Waals surface area contributed by atoms with Crippen molar-refractivity contribution in [3.8, 4) is 0 Å². The summed E-state index contributed by atoms with van der Waals surface area (Å²) in [5.41, 5.74) is 0. The van der Waals surface area contributed by atoms with E-state index in [4.69, 9.17) is 5.11 Å². The molecule has 0 spiro atoms. The van der Waals surface area contributed by atoms with Gasteiger partial charge >= 0.3 is 0 Å². The molecule has 0 radical (unpaired) electrons. The van der Waals surface area contributed by atoms with Crippen LogP contribution in [0.3, 0.4) is 0 Å². The molecule has 0 aliphatic carbocycles. The quantitative estimate of drug-likeness (QED) is 0.573. The minimum Gasteiger partial charge on any atom is -0.381 e. The Morgan fingerprint density at radius 3 is 2.67 bits per heavy atom. The molecule has 0 aromatic carbocycles. The SMILES string of the molecule is CC/C=C/C(O)C(C)=O. The normalized spacial score (nSPS) is 14.1. The van der Waals surface area contributed by atoms with Crippen molar-refractivity contribution in [2.45, 2.75) is 26.4 Å². The fourth-order valence-electron chi connectivity index (χ4n) is 0.400. The Morgan fingerprint density at radius 2 is 2.33 bits per heavy atom. The number of hydrogen-bond donors (Lipinski definition) is 1. The van der Waals surface area contributed by atoms with Crippen LogP contribution in [-0.4, -0.2) is 17.0 Å². The van der Waals surface area contributed by atoms with E-state index in [1.165, 1.54) is 13.0 Å². The summed E-state index contributed by atoms with van der Waals surface area (Å²) in [6.45, 7) is 3.31. The van der Waals surface area contributed by atoms with Crippen LogP contribution in [0.4, 0.5) is 0 Å². The van der Waals surface area contributed by atoms with E-state index in [9.17, 15) is 4.79 Å². The number of rotatable bonds is 3. The predicted octanol–water partition coefficient (Wildman–Crippen LogP) is 0.903. The van der Waals surface area contributed by atoms with E-state index >= 15 is 0 Å². The van der Waals surface area contributed by atoms with E-state index in [2.05, 4.69) is 0 Å². The third kappa shape index (κ3) is 3.91. The van der Waals surface area contributed by atoms with Gasteiger partial charge < -0.3 is 5.11 Å². The molecule has 0 fully saturated rings. The monoisotopic (exact) mass is 128 g/mol. The van der Waals surface area contributed by atoms with Crippen molar-refractivity contribution >= 4 is 5.78 Å². The van der Waals surface area contributed by atoms with Gasteiger partial charge in [0.25, 0.3) is 0 Å². The number of carbonyl (C=O) groups is 1. The first-order valence-electron chi connectivity index (χ1n) is 3.03. The molecule has 0 aliphatic heterocycles. The van der Waals surface area contributed by atoms with Crippen LogP contribution in [0.5, 0.6) is 0 Å². The Balaban J connectivity index is 3.62. The van der Waals surface area contributed by atoms with Crippen molar-refractivity contribution in [1.29, 1.82) is 0 Å². The first kappa shape index (κ1) is 8.37. The van der Waals surface area contributed by atoms with Crippen LogP contribution in [0.15, 0.2) is 12.2 Å².